The van der Waals surface area contributed by atoms with E-state index in [1.165, 1.54) is 0 Å². The zero-order valence-corrected chi connectivity index (χ0v) is 9.10. The first kappa shape index (κ1) is 10.6. The van der Waals surface area contributed by atoms with Crippen molar-refractivity contribution in [3.05, 3.63) is 24.3 Å². The van der Waals surface area contributed by atoms with E-state index in [9.17, 15) is 0 Å². The molecule has 84 valence electrons. The smallest absolute Gasteiger partial charge is 0.318 e. The fraction of sp³-hybridized carbons (Fsp3) is 0.273. The van der Waals surface area contributed by atoms with Gasteiger partial charge in [0.15, 0.2) is 0 Å². The van der Waals surface area contributed by atoms with Crippen molar-refractivity contribution in [1.29, 1.82) is 0 Å². The molecule has 0 fully saturated rings. The van der Waals surface area contributed by atoms with E-state index in [0.717, 1.165) is 17.4 Å². The molecule has 5 nitrogen and oxygen atoms in total. The van der Waals surface area contributed by atoms with Crippen LogP contribution in [0.5, 0.6) is 6.01 Å². The molecule has 0 saturated heterocycles. The number of likely N-dealkylation sites (N-methyl/N-ethyl adjacent to an activating group) is 1. The molecule has 0 aliphatic heterocycles. The van der Waals surface area contributed by atoms with E-state index in [0.29, 0.717) is 18.4 Å². The molecule has 1 heterocycles. The number of fused-ring (bicyclic) bond motifs is 1. The summed E-state index contributed by atoms with van der Waals surface area (Å²) >= 11 is 0. The number of nitrogens with two attached hydrogens (primary N) is 1. The molecule has 5 heteroatoms. The van der Waals surface area contributed by atoms with Gasteiger partial charge in [-0.05, 0) is 19.2 Å². The minimum absolute atomic E-state index is 0.325. The molecule has 16 heavy (non-hydrogen) atoms. The number of benzene rings is 1. The molecule has 0 saturated carbocycles. The highest BCUT2D eigenvalue weighted by molar-refractivity contribution is 5.87. The summed E-state index contributed by atoms with van der Waals surface area (Å²) in [4.78, 5) is 8.36. The number of hydrogen-bond donors (Lipinski definition) is 2. The largest absolute Gasteiger partial charge is 0.462 e. The van der Waals surface area contributed by atoms with Gasteiger partial charge < -0.3 is 15.8 Å². The van der Waals surface area contributed by atoms with Crippen molar-refractivity contribution >= 4 is 16.7 Å². The standard InChI is InChI=1S/C11H14N4O/c1-13-6-7-16-11-14-9-5-3-2-4-8(9)10(12)15-11/h2-5,13H,6-7H2,1H3,(H2,12,14,15). The maximum Gasteiger partial charge on any atom is 0.318 e. The number of para-hydroxylation sites is 1. The van der Waals surface area contributed by atoms with E-state index in [2.05, 4.69) is 15.3 Å². The minimum atomic E-state index is 0.325. The number of nitrogen functional groups attached to an aromatic ring is 1. The third-order valence-corrected chi connectivity index (χ3v) is 2.20. The number of nitrogens with one attached hydrogen (secondary N) is 1. The van der Waals surface area contributed by atoms with Crippen molar-refractivity contribution < 1.29 is 4.74 Å². The molecule has 0 aliphatic carbocycles. The summed E-state index contributed by atoms with van der Waals surface area (Å²) < 4.78 is 5.37. The van der Waals surface area contributed by atoms with Gasteiger partial charge in [-0.25, -0.2) is 0 Å². The molecule has 0 spiro atoms. The number of anilines is 1. The van der Waals surface area contributed by atoms with E-state index in [-0.39, 0.29) is 0 Å². The van der Waals surface area contributed by atoms with Gasteiger partial charge >= 0.3 is 6.01 Å². The first-order valence-electron chi connectivity index (χ1n) is 5.11. The summed E-state index contributed by atoms with van der Waals surface area (Å²) in [5.41, 5.74) is 6.61. The van der Waals surface area contributed by atoms with Crippen LogP contribution in [-0.4, -0.2) is 30.2 Å². The normalized spacial score (nSPS) is 10.6. The first-order valence-corrected chi connectivity index (χ1v) is 5.11. The fourth-order valence-corrected chi connectivity index (χ4v) is 1.39. The highest BCUT2D eigenvalue weighted by atomic mass is 16.5. The van der Waals surface area contributed by atoms with Gasteiger partial charge in [-0.3, -0.25) is 0 Å². The zero-order chi connectivity index (χ0) is 11.4. The predicted molar refractivity (Wildman–Crippen MR) is 63.4 cm³/mol. The average Bonchev–Trinajstić information content (AvgIpc) is 2.30. The lowest BCUT2D eigenvalue weighted by Crippen LogP contribution is -2.17. The molecule has 1 aromatic carbocycles. The van der Waals surface area contributed by atoms with Crippen molar-refractivity contribution in [2.75, 3.05) is 25.9 Å². The van der Waals surface area contributed by atoms with E-state index in [1.54, 1.807) is 0 Å². The summed E-state index contributed by atoms with van der Waals surface area (Å²) in [6, 6.07) is 7.92. The van der Waals surface area contributed by atoms with Gasteiger partial charge in [0.2, 0.25) is 0 Å². The lowest BCUT2D eigenvalue weighted by molar-refractivity contribution is 0.295. The summed E-state index contributed by atoms with van der Waals surface area (Å²) in [6.07, 6.45) is 0. The quantitative estimate of drug-likeness (QED) is 0.743. The maximum atomic E-state index is 5.81. The van der Waals surface area contributed by atoms with Gasteiger partial charge in [0, 0.05) is 11.9 Å². The Bertz CT molecular complexity index is 486. The fourth-order valence-electron chi connectivity index (χ4n) is 1.39. The van der Waals surface area contributed by atoms with Gasteiger partial charge in [0.1, 0.15) is 12.4 Å². The highest BCUT2D eigenvalue weighted by Crippen LogP contribution is 2.19. The molecule has 0 aliphatic rings. The van der Waals surface area contributed by atoms with E-state index in [1.807, 2.05) is 31.3 Å². The van der Waals surface area contributed by atoms with Crippen molar-refractivity contribution in [2.24, 2.45) is 0 Å². The van der Waals surface area contributed by atoms with Crippen LogP contribution in [0, 0.1) is 0 Å². The summed E-state index contributed by atoms with van der Waals surface area (Å²) in [5.74, 6) is 0.449. The molecule has 2 rings (SSSR count). The van der Waals surface area contributed by atoms with Crippen LogP contribution in [0.3, 0.4) is 0 Å². The van der Waals surface area contributed by atoms with Crippen LogP contribution < -0.4 is 15.8 Å². The number of aromatic nitrogens is 2. The van der Waals surface area contributed by atoms with Crippen LogP contribution in [0.4, 0.5) is 5.82 Å². The lowest BCUT2D eigenvalue weighted by atomic mass is 10.2. The summed E-state index contributed by atoms with van der Waals surface area (Å²) in [5, 5.41) is 3.83. The lowest BCUT2D eigenvalue weighted by Gasteiger charge is -2.06. The Morgan fingerprint density at radius 1 is 1.31 bits per heavy atom. The highest BCUT2D eigenvalue weighted by Gasteiger charge is 2.04. The Labute approximate surface area is 93.7 Å². The predicted octanol–water partition coefficient (Wildman–Crippen LogP) is 0.810. The third-order valence-electron chi connectivity index (χ3n) is 2.20. The molecule has 2 aromatic rings. The van der Waals surface area contributed by atoms with Crippen molar-refractivity contribution in [3.63, 3.8) is 0 Å². The van der Waals surface area contributed by atoms with Gasteiger partial charge in [-0.2, -0.15) is 9.97 Å². The van der Waals surface area contributed by atoms with Crippen LogP contribution in [0.15, 0.2) is 24.3 Å². The Morgan fingerprint density at radius 3 is 2.94 bits per heavy atom. The summed E-state index contributed by atoms with van der Waals surface area (Å²) in [6.45, 7) is 1.27. The van der Waals surface area contributed by atoms with Gasteiger partial charge in [0.25, 0.3) is 0 Å². The van der Waals surface area contributed by atoms with Gasteiger partial charge in [-0.1, -0.05) is 12.1 Å². The molecule has 1 aromatic heterocycles. The molecule has 0 amide bonds. The van der Waals surface area contributed by atoms with E-state index < -0.39 is 0 Å². The second-order valence-electron chi connectivity index (χ2n) is 3.36. The number of rotatable bonds is 4. The second-order valence-corrected chi connectivity index (χ2v) is 3.36. The second kappa shape index (κ2) is 4.76. The van der Waals surface area contributed by atoms with E-state index >= 15 is 0 Å². The Kier molecular flexibility index (Phi) is 3.16. The number of ether oxygens (including phenoxy) is 1. The molecule has 3 N–H and O–H groups in total. The maximum absolute atomic E-state index is 5.81. The van der Waals surface area contributed by atoms with Crippen molar-refractivity contribution in [3.8, 4) is 6.01 Å². The Balaban J connectivity index is 2.27. The van der Waals surface area contributed by atoms with Crippen LogP contribution in [0.25, 0.3) is 10.9 Å². The van der Waals surface area contributed by atoms with Crippen LogP contribution in [0.2, 0.25) is 0 Å². The number of hydrogen-bond acceptors (Lipinski definition) is 5. The molecule has 0 radical (unpaired) electrons. The Morgan fingerprint density at radius 2 is 2.12 bits per heavy atom. The van der Waals surface area contributed by atoms with Crippen molar-refractivity contribution in [1.82, 2.24) is 15.3 Å². The van der Waals surface area contributed by atoms with Crippen molar-refractivity contribution in [2.45, 2.75) is 0 Å². The SMILES string of the molecule is CNCCOc1nc(N)c2ccccc2n1. The summed E-state index contributed by atoms with van der Waals surface area (Å²) in [7, 11) is 1.86. The minimum Gasteiger partial charge on any atom is -0.462 e. The Hall–Kier alpha value is -1.88. The topological polar surface area (TPSA) is 73.1 Å². The molecular weight excluding hydrogens is 204 g/mol. The third kappa shape index (κ3) is 2.20. The van der Waals surface area contributed by atoms with Crippen LogP contribution >= 0.6 is 0 Å². The average molecular weight is 218 g/mol. The number of nitrogens with zero attached hydrogens (tertiary/aromatic N) is 2. The molecular formula is C11H14N4O. The van der Waals surface area contributed by atoms with E-state index in [4.69, 9.17) is 10.5 Å². The first-order chi connectivity index (χ1) is 7.81. The monoisotopic (exact) mass is 218 g/mol. The van der Waals surface area contributed by atoms with Gasteiger partial charge in [-0.15, -0.1) is 0 Å². The molecule has 0 atom stereocenters. The van der Waals surface area contributed by atoms with Crippen LogP contribution in [-0.2, 0) is 0 Å². The van der Waals surface area contributed by atoms with Gasteiger partial charge in [0.05, 0.1) is 5.52 Å². The molecule has 0 unspecified atom stereocenters. The zero-order valence-electron chi connectivity index (χ0n) is 9.10. The molecule has 0 bridgehead atoms. The van der Waals surface area contributed by atoms with Crippen LogP contribution in [0.1, 0.15) is 0 Å².